The van der Waals surface area contributed by atoms with Gasteiger partial charge in [0.05, 0.1) is 3.57 Å². The van der Waals surface area contributed by atoms with E-state index in [0.717, 1.165) is 0 Å². The lowest BCUT2D eigenvalue weighted by Gasteiger charge is -2.10. The van der Waals surface area contributed by atoms with E-state index in [2.05, 4.69) is 9.72 Å². The highest BCUT2D eigenvalue weighted by atomic mass is 127. The quantitative estimate of drug-likeness (QED) is 0.504. The third kappa shape index (κ3) is 3.41. The van der Waals surface area contributed by atoms with Gasteiger partial charge >= 0.3 is 6.36 Å². The predicted octanol–water partition coefficient (Wildman–Crippen LogP) is 3.50. The molecule has 1 aromatic heterocycles. The molecule has 78 valence electrons. The first kappa shape index (κ1) is 12.3. The molecule has 0 aromatic carbocycles. The van der Waals surface area contributed by atoms with Crippen molar-refractivity contribution in [3.63, 3.8) is 0 Å². The minimum absolute atomic E-state index is 0.375. The smallest absolute Gasteiger partial charge is 0.387 e. The molecule has 0 unspecified atom stereocenters. The number of pyridine rings is 1. The zero-order valence-electron chi connectivity index (χ0n) is 6.82. The number of halogens is 5. The first-order valence-electron chi connectivity index (χ1n) is 3.38. The van der Waals surface area contributed by atoms with E-state index in [1.807, 2.05) is 22.6 Å². The molecule has 0 saturated carbocycles. The van der Waals surface area contributed by atoms with Gasteiger partial charge in [0, 0.05) is 0 Å². The highest BCUT2D eigenvalue weighted by Crippen LogP contribution is 2.28. The van der Waals surface area contributed by atoms with Crippen LogP contribution in [0.3, 0.4) is 0 Å². The Hall–Kier alpha value is 0.200. The Bertz CT molecular complexity index is 354. The lowest BCUT2D eigenvalue weighted by atomic mass is 10.3. The lowest BCUT2D eigenvalue weighted by molar-refractivity contribution is -0.276. The number of ether oxygens (including phenoxy) is 1. The molecule has 1 rings (SSSR count). The maximum Gasteiger partial charge on any atom is 0.574 e. The number of aromatic nitrogens is 1. The van der Waals surface area contributed by atoms with Crippen molar-refractivity contribution >= 4 is 45.2 Å². The molecule has 2 nitrogen and oxygen atoms in total. The minimum Gasteiger partial charge on any atom is -0.387 e. The molecule has 0 aliphatic rings. The highest BCUT2D eigenvalue weighted by molar-refractivity contribution is 14.1. The van der Waals surface area contributed by atoms with Gasteiger partial charge in [0.25, 0.3) is 0 Å². The Morgan fingerprint density at radius 3 is 2.43 bits per heavy atom. The van der Waals surface area contributed by atoms with Gasteiger partial charge in [0.15, 0.2) is 0 Å². The van der Waals surface area contributed by atoms with Crippen LogP contribution in [0, 0.1) is 14.2 Å². The van der Waals surface area contributed by atoms with Gasteiger partial charge < -0.3 is 4.74 Å². The fourth-order valence-corrected chi connectivity index (χ4v) is 1.84. The summed E-state index contributed by atoms with van der Waals surface area (Å²) in [6.07, 6.45) is -4.69. The molecule has 0 spiro atoms. The maximum absolute atomic E-state index is 11.9. The summed E-state index contributed by atoms with van der Waals surface area (Å²) in [5.41, 5.74) is 0.712. The molecule has 7 heteroatoms. The summed E-state index contributed by atoms with van der Waals surface area (Å²) >= 11 is 3.61. The Labute approximate surface area is 106 Å². The number of hydrogen-bond acceptors (Lipinski definition) is 2. The Kier molecular flexibility index (Phi) is 3.83. The molecule has 0 fully saturated rings. The number of alkyl halides is 3. The van der Waals surface area contributed by atoms with Crippen LogP contribution in [0.15, 0.2) is 6.07 Å². The van der Waals surface area contributed by atoms with Crippen LogP contribution in [0.25, 0.3) is 0 Å². The summed E-state index contributed by atoms with van der Waals surface area (Å²) < 4.78 is 40.4. The van der Waals surface area contributed by atoms with Gasteiger partial charge in [-0.2, -0.15) is 0 Å². The Morgan fingerprint density at radius 2 is 1.93 bits per heavy atom. The summed E-state index contributed by atoms with van der Waals surface area (Å²) in [6.45, 7) is 1.70. The van der Waals surface area contributed by atoms with Gasteiger partial charge in [-0.05, 0) is 63.7 Å². The van der Waals surface area contributed by atoms with Crippen LogP contribution in [-0.2, 0) is 0 Å². The van der Waals surface area contributed by atoms with Crippen LogP contribution in [-0.4, -0.2) is 11.3 Å². The molecule has 0 aliphatic heterocycles. The van der Waals surface area contributed by atoms with Crippen LogP contribution in [0.1, 0.15) is 5.56 Å². The van der Waals surface area contributed by atoms with Crippen molar-refractivity contribution in [1.82, 2.24) is 4.98 Å². The van der Waals surface area contributed by atoms with Gasteiger partial charge in [-0.15, -0.1) is 13.2 Å². The van der Waals surface area contributed by atoms with Gasteiger partial charge in [0.1, 0.15) is 3.70 Å². The summed E-state index contributed by atoms with van der Waals surface area (Å²) in [7, 11) is 0. The van der Waals surface area contributed by atoms with Crippen LogP contribution < -0.4 is 4.74 Å². The maximum atomic E-state index is 11.9. The van der Waals surface area contributed by atoms with Crippen molar-refractivity contribution in [3.8, 4) is 5.88 Å². The van der Waals surface area contributed by atoms with E-state index in [9.17, 15) is 13.2 Å². The number of hydrogen-bond donors (Lipinski definition) is 0. The van der Waals surface area contributed by atoms with E-state index in [0.29, 0.717) is 12.8 Å². The number of aryl methyl sites for hydroxylation is 1. The fourth-order valence-electron chi connectivity index (χ4n) is 0.766. The van der Waals surface area contributed by atoms with Crippen molar-refractivity contribution < 1.29 is 17.9 Å². The van der Waals surface area contributed by atoms with Crippen molar-refractivity contribution in [2.45, 2.75) is 13.3 Å². The molecular weight excluding hydrogens is 425 g/mol. The van der Waals surface area contributed by atoms with Gasteiger partial charge in [0.2, 0.25) is 5.88 Å². The monoisotopic (exact) mass is 429 g/mol. The Morgan fingerprint density at radius 1 is 1.36 bits per heavy atom. The van der Waals surface area contributed by atoms with E-state index < -0.39 is 6.36 Å². The van der Waals surface area contributed by atoms with Crippen molar-refractivity contribution in [2.24, 2.45) is 0 Å². The van der Waals surface area contributed by atoms with Crippen molar-refractivity contribution in [3.05, 3.63) is 18.9 Å². The average Bonchev–Trinajstić information content (AvgIpc) is 1.96. The summed E-state index contributed by atoms with van der Waals surface area (Å²) in [6, 6.07) is 1.69. The van der Waals surface area contributed by atoms with Gasteiger partial charge in [-0.25, -0.2) is 4.98 Å². The van der Waals surface area contributed by atoms with Crippen LogP contribution in [0.2, 0.25) is 0 Å². The molecule has 0 radical (unpaired) electrons. The van der Waals surface area contributed by atoms with E-state index >= 15 is 0 Å². The first-order valence-corrected chi connectivity index (χ1v) is 5.54. The number of rotatable bonds is 1. The summed E-state index contributed by atoms with van der Waals surface area (Å²) in [5, 5.41) is 0. The van der Waals surface area contributed by atoms with Crippen molar-refractivity contribution in [1.29, 1.82) is 0 Å². The second kappa shape index (κ2) is 4.37. The molecule has 14 heavy (non-hydrogen) atoms. The van der Waals surface area contributed by atoms with Crippen LogP contribution in [0.5, 0.6) is 5.88 Å². The van der Waals surface area contributed by atoms with Gasteiger partial charge in [-0.3, -0.25) is 0 Å². The third-order valence-corrected chi connectivity index (χ3v) is 3.16. The second-order valence-electron chi connectivity index (χ2n) is 2.43. The Balaban J connectivity index is 3.09. The zero-order chi connectivity index (χ0) is 10.9. The summed E-state index contributed by atoms with van der Waals surface area (Å²) in [4.78, 5) is 3.66. The fraction of sp³-hybridized carbons (Fsp3) is 0.286. The van der Waals surface area contributed by atoms with E-state index in [4.69, 9.17) is 0 Å². The van der Waals surface area contributed by atoms with Crippen molar-refractivity contribution in [2.75, 3.05) is 0 Å². The second-order valence-corrected chi connectivity index (χ2v) is 4.61. The summed E-state index contributed by atoms with van der Waals surface area (Å²) in [5.74, 6) is -0.387. The number of nitrogens with zero attached hydrogens (tertiary/aromatic N) is 1. The van der Waals surface area contributed by atoms with Crippen LogP contribution >= 0.6 is 45.2 Å². The van der Waals surface area contributed by atoms with Gasteiger partial charge in [-0.1, -0.05) is 0 Å². The molecule has 0 saturated heterocycles. The minimum atomic E-state index is -4.69. The highest BCUT2D eigenvalue weighted by Gasteiger charge is 2.33. The molecule has 1 aromatic rings. The predicted molar refractivity (Wildman–Crippen MR) is 61.1 cm³/mol. The molecule has 1 heterocycles. The average molecular weight is 429 g/mol. The third-order valence-electron chi connectivity index (χ3n) is 1.29. The van der Waals surface area contributed by atoms with E-state index in [1.54, 1.807) is 35.6 Å². The van der Waals surface area contributed by atoms with E-state index in [-0.39, 0.29) is 5.88 Å². The molecule has 0 bridgehead atoms. The molecular formula is C7H4F3I2NO. The topological polar surface area (TPSA) is 22.1 Å². The zero-order valence-corrected chi connectivity index (χ0v) is 11.1. The molecule has 0 amide bonds. The van der Waals surface area contributed by atoms with Crippen LogP contribution in [0.4, 0.5) is 13.2 Å². The SMILES string of the molecule is Cc1cc(I)nc(OC(F)(F)F)c1I. The molecule has 0 N–H and O–H groups in total. The standard InChI is InChI=1S/C7H4F3I2NO/c1-3-2-4(11)13-6(5(3)12)14-7(8,9)10/h2H,1H3. The first-order chi connectivity index (χ1) is 6.29. The van der Waals surface area contributed by atoms with E-state index in [1.165, 1.54) is 0 Å². The largest absolute Gasteiger partial charge is 0.574 e. The normalized spacial score (nSPS) is 11.6. The molecule has 0 atom stereocenters. The molecule has 0 aliphatic carbocycles. The lowest BCUT2D eigenvalue weighted by Crippen LogP contribution is -2.19.